The van der Waals surface area contributed by atoms with E-state index < -0.39 is 0 Å². The summed E-state index contributed by atoms with van der Waals surface area (Å²) < 4.78 is 0. The highest BCUT2D eigenvalue weighted by Gasteiger charge is 2.27. The molecule has 0 bridgehead atoms. The Morgan fingerprint density at radius 3 is 2.29 bits per heavy atom. The maximum atomic E-state index is 4.70. The lowest BCUT2D eigenvalue weighted by Crippen LogP contribution is -2.21. The molecular formula is C17H28N4. The van der Waals surface area contributed by atoms with Gasteiger partial charge in [0.1, 0.15) is 17.5 Å². The van der Waals surface area contributed by atoms with E-state index in [4.69, 9.17) is 4.98 Å². The number of anilines is 2. The highest BCUT2D eigenvalue weighted by atomic mass is 15.1. The van der Waals surface area contributed by atoms with E-state index in [0.29, 0.717) is 5.92 Å². The lowest BCUT2D eigenvalue weighted by Gasteiger charge is -2.28. The van der Waals surface area contributed by atoms with Gasteiger partial charge in [0.25, 0.3) is 0 Å². The average molecular weight is 288 g/mol. The van der Waals surface area contributed by atoms with Gasteiger partial charge in [-0.25, -0.2) is 9.97 Å². The minimum Gasteiger partial charge on any atom is -0.373 e. The molecule has 21 heavy (non-hydrogen) atoms. The van der Waals surface area contributed by atoms with E-state index in [0.717, 1.165) is 35.8 Å². The third-order valence-electron chi connectivity index (χ3n) is 5.06. The monoisotopic (exact) mass is 288 g/mol. The molecule has 2 aliphatic carbocycles. The quantitative estimate of drug-likeness (QED) is 0.830. The smallest absolute Gasteiger partial charge is 0.136 e. The van der Waals surface area contributed by atoms with Gasteiger partial charge >= 0.3 is 0 Å². The Bertz CT molecular complexity index is 462. The summed E-state index contributed by atoms with van der Waals surface area (Å²) >= 11 is 0. The van der Waals surface area contributed by atoms with Gasteiger partial charge in [-0.05, 0) is 37.5 Å². The van der Waals surface area contributed by atoms with Crippen molar-refractivity contribution in [3.63, 3.8) is 0 Å². The standard InChI is InChI=1S/C17H28N4/c1-3-12-4-6-13(7-5-12)11-19-16-10-15(18-2)20-17(21-16)14-8-9-14/h10,12-14H,3-9,11H2,1-2H3,(H2,18,19,20,21). The second kappa shape index (κ2) is 6.63. The molecule has 116 valence electrons. The van der Waals surface area contributed by atoms with E-state index in [2.05, 4.69) is 22.5 Å². The van der Waals surface area contributed by atoms with E-state index in [9.17, 15) is 0 Å². The van der Waals surface area contributed by atoms with Crippen LogP contribution in [0.5, 0.6) is 0 Å². The first kappa shape index (κ1) is 14.6. The Morgan fingerprint density at radius 2 is 1.67 bits per heavy atom. The summed E-state index contributed by atoms with van der Waals surface area (Å²) in [5.74, 6) is 5.32. The molecular weight excluding hydrogens is 260 g/mol. The Morgan fingerprint density at radius 1 is 1.00 bits per heavy atom. The zero-order chi connectivity index (χ0) is 14.7. The third-order valence-corrected chi connectivity index (χ3v) is 5.06. The van der Waals surface area contributed by atoms with Gasteiger partial charge in [0.05, 0.1) is 0 Å². The van der Waals surface area contributed by atoms with E-state index in [1.54, 1.807) is 0 Å². The molecule has 0 radical (unpaired) electrons. The predicted molar refractivity (Wildman–Crippen MR) is 87.8 cm³/mol. The number of rotatable bonds is 6. The molecule has 0 aromatic carbocycles. The molecule has 0 spiro atoms. The average Bonchev–Trinajstić information content (AvgIpc) is 3.38. The van der Waals surface area contributed by atoms with Crippen molar-refractivity contribution >= 4 is 11.6 Å². The highest BCUT2D eigenvalue weighted by molar-refractivity contribution is 5.47. The Balaban J connectivity index is 1.56. The zero-order valence-electron chi connectivity index (χ0n) is 13.4. The van der Waals surface area contributed by atoms with Gasteiger partial charge < -0.3 is 10.6 Å². The molecule has 4 nitrogen and oxygen atoms in total. The van der Waals surface area contributed by atoms with Crippen LogP contribution in [0.25, 0.3) is 0 Å². The van der Waals surface area contributed by atoms with E-state index in [-0.39, 0.29) is 0 Å². The Labute approximate surface area is 128 Å². The molecule has 1 heterocycles. The fourth-order valence-corrected chi connectivity index (χ4v) is 3.30. The summed E-state index contributed by atoms with van der Waals surface area (Å²) in [7, 11) is 1.93. The summed E-state index contributed by atoms with van der Waals surface area (Å²) in [6.07, 6.45) is 9.38. The molecule has 0 amide bonds. The van der Waals surface area contributed by atoms with Crippen molar-refractivity contribution in [3.05, 3.63) is 11.9 Å². The minimum atomic E-state index is 0.596. The van der Waals surface area contributed by atoms with Crippen LogP contribution in [0.15, 0.2) is 6.07 Å². The molecule has 4 heteroatoms. The first-order chi connectivity index (χ1) is 10.3. The van der Waals surface area contributed by atoms with Crippen LogP contribution in [-0.4, -0.2) is 23.6 Å². The van der Waals surface area contributed by atoms with Crippen LogP contribution in [0.2, 0.25) is 0 Å². The molecule has 2 fully saturated rings. The second-order valence-corrected chi connectivity index (χ2v) is 6.70. The molecule has 2 aliphatic rings. The zero-order valence-corrected chi connectivity index (χ0v) is 13.4. The summed E-state index contributed by atoms with van der Waals surface area (Å²) in [5, 5.41) is 6.70. The maximum Gasteiger partial charge on any atom is 0.136 e. The number of aromatic nitrogens is 2. The van der Waals surface area contributed by atoms with E-state index in [1.807, 2.05) is 13.1 Å². The molecule has 2 saturated carbocycles. The van der Waals surface area contributed by atoms with Crippen molar-refractivity contribution in [1.82, 2.24) is 9.97 Å². The molecule has 1 aromatic rings. The van der Waals surface area contributed by atoms with Crippen molar-refractivity contribution in [2.75, 3.05) is 24.2 Å². The molecule has 3 rings (SSSR count). The maximum absolute atomic E-state index is 4.70. The largest absolute Gasteiger partial charge is 0.373 e. The van der Waals surface area contributed by atoms with Crippen molar-refractivity contribution in [3.8, 4) is 0 Å². The Kier molecular flexibility index (Phi) is 4.61. The molecule has 2 N–H and O–H groups in total. The molecule has 0 atom stereocenters. The second-order valence-electron chi connectivity index (χ2n) is 6.70. The lowest BCUT2D eigenvalue weighted by molar-refractivity contribution is 0.278. The predicted octanol–water partition coefficient (Wildman–Crippen LogP) is 4.02. The van der Waals surface area contributed by atoms with Gasteiger partial charge in [-0.3, -0.25) is 0 Å². The van der Waals surface area contributed by atoms with Gasteiger partial charge in [0.2, 0.25) is 0 Å². The molecule has 1 aromatic heterocycles. The van der Waals surface area contributed by atoms with Crippen LogP contribution in [0.4, 0.5) is 11.6 Å². The lowest BCUT2D eigenvalue weighted by atomic mass is 9.81. The van der Waals surface area contributed by atoms with Gasteiger partial charge in [-0.2, -0.15) is 0 Å². The van der Waals surface area contributed by atoms with Crippen LogP contribution in [-0.2, 0) is 0 Å². The van der Waals surface area contributed by atoms with Crippen LogP contribution in [0, 0.1) is 11.8 Å². The highest BCUT2D eigenvalue weighted by Crippen LogP contribution is 2.39. The Hall–Kier alpha value is -1.32. The summed E-state index contributed by atoms with van der Waals surface area (Å²) in [6, 6.07) is 2.03. The first-order valence-corrected chi connectivity index (χ1v) is 8.59. The fraction of sp³-hybridized carbons (Fsp3) is 0.765. The minimum absolute atomic E-state index is 0.596. The van der Waals surface area contributed by atoms with Crippen LogP contribution < -0.4 is 10.6 Å². The van der Waals surface area contributed by atoms with Crippen molar-refractivity contribution in [2.24, 2.45) is 11.8 Å². The third kappa shape index (κ3) is 3.86. The fourth-order valence-electron chi connectivity index (χ4n) is 3.30. The first-order valence-electron chi connectivity index (χ1n) is 8.59. The van der Waals surface area contributed by atoms with Gasteiger partial charge in [-0.15, -0.1) is 0 Å². The van der Waals surface area contributed by atoms with Crippen molar-refractivity contribution < 1.29 is 0 Å². The summed E-state index contributed by atoms with van der Waals surface area (Å²) in [4.78, 5) is 9.26. The molecule has 0 saturated heterocycles. The number of hydrogen-bond acceptors (Lipinski definition) is 4. The van der Waals surface area contributed by atoms with Crippen molar-refractivity contribution in [1.29, 1.82) is 0 Å². The van der Waals surface area contributed by atoms with Crippen LogP contribution in [0.3, 0.4) is 0 Å². The summed E-state index contributed by atoms with van der Waals surface area (Å²) in [5.41, 5.74) is 0. The summed E-state index contributed by atoms with van der Waals surface area (Å²) in [6.45, 7) is 3.38. The topological polar surface area (TPSA) is 49.8 Å². The van der Waals surface area contributed by atoms with E-state index in [1.165, 1.54) is 44.9 Å². The number of nitrogens with one attached hydrogen (secondary N) is 2. The van der Waals surface area contributed by atoms with E-state index >= 15 is 0 Å². The van der Waals surface area contributed by atoms with Crippen LogP contribution >= 0.6 is 0 Å². The van der Waals surface area contributed by atoms with Crippen molar-refractivity contribution in [2.45, 2.75) is 57.8 Å². The molecule has 0 unspecified atom stereocenters. The van der Waals surface area contributed by atoms with Crippen LogP contribution in [0.1, 0.15) is 63.6 Å². The normalized spacial score (nSPS) is 25.6. The van der Waals surface area contributed by atoms with Gasteiger partial charge in [0, 0.05) is 25.6 Å². The number of hydrogen-bond donors (Lipinski definition) is 2. The van der Waals surface area contributed by atoms with Gasteiger partial charge in [0.15, 0.2) is 0 Å². The van der Waals surface area contributed by atoms with Gasteiger partial charge in [-0.1, -0.05) is 26.2 Å². The SMILES string of the molecule is CCC1CCC(CNc2cc(NC)nc(C3CC3)n2)CC1. The molecule has 0 aliphatic heterocycles. The number of nitrogens with zero attached hydrogens (tertiary/aromatic N) is 2.